The molecule has 0 atom stereocenters. The van der Waals surface area contributed by atoms with Crippen LogP contribution in [0.4, 0.5) is 0 Å². The lowest BCUT2D eigenvalue weighted by Crippen LogP contribution is -2.42. The number of benzene rings is 2. The Morgan fingerprint density at radius 2 is 1.88 bits per heavy atom. The molecule has 134 valence electrons. The summed E-state index contributed by atoms with van der Waals surface area (Å²) in [5.41, 5.74) is 7.30. The van der Waals surface area contributed by atoms with E-state index in [4.69, 9.17) is 4.42 Å². The number of fused-ring (bicyclic) bond motifs is 1. The van der Waals surface area contributed by atoms with Crippen molar-refractivity contribution in [2.75, 3.05) is 5.75 Å². The Hall–Kier alpha value is -2.25. The third-order valence-corrected chi connectivity index (χ3v) is 5.53. The highest BCUT2D eigenvalue weighted by molar-refractivity contribution is 9.10. The van der Waals surface area contributed by atoms with Gasteiger partial charge < -0.3 is 4.42 Å². The number of aryl methyl sites for hydroxylation is 2. The maximum atomic E-state index is 12.3. The van der Waals surface area contributed by atoms with Gasteiger partial charge in [0.25, 0.3) is 0 Å². The number of carbonyl (C=O) groups excluding carboxylic acids is 2. The lowest BCUT2D eigenvalue weighted by atomic mass is 10.1. The van der Waals surface area contributed by atoms with Crippen LogP contribution in [0.2, 0.25) is 0 Å². The number of nitrogens with one attached hydrogen (secondary N) is 2. The number of rotatable bonds is 4. The fourth-order valence-electron chi connectivity index (χ4n) is 2.53. The highest BCUT2D eigenvalue weighted by atomic mass is 79.9. The zero-order chi connectivity index (χ0) is 18.7. The summed E-state index contributed by atoms with van der Waals surface area (Å²) in [5, 5.41) is 0.880. The van der Waals surface area contributed by atoms with Gasteiger partial charge in [0, 0.05) is 20.3 Å². The van der Waals surface area contributed by atoms with Crippen LogP contribution in [0, 0.1) is 13.8 Å². The van der Waals surface area contributed by atoms with E-state index in [1.54, 1.807) is 6.07 Å². The number of hydrazine groups is 1. The van der Waals surface area contributed by atoms with E-state index in [1.807, 2.05) is 50.2 Å². The largest absolute Gasteiger partial charge is 0.451 e. The van der Waals surface area contributed by atoms with Gasteiger partial charge in [0.15, 0.2) is 5.76 Å². The second-order valence-electron chi connectivity index (χ2n) is 5.75. The van der Waals surface area contributed by atoms with Crippen LogP contribution in [0.3, 0.4) is 0 Å². The van der Waals surface area contributed by atoms with Gasteiger partial charge in [0.1, 0.15) is 5.58 Å². The molecule has 7 heteroatoms. The average molecular weight is 433 g/mol. The van der Waals surface area contributed by atoms with Crippen molar-refractivity contribution >= 4 is 50.5 Å². The van der Waals surface area contributed by atoms with E-state index in [0.29, 0.717) is 5.58 Å². The van der Waals surface area contributed by atoms with Crippen molar-refractivity contribution in [2.45, 2.75) is 18.7 Å². The fraction of sp³-hybridized carbons (Fsp3) is 0.158. The van der Waals surface area contributed by atoms with E-state index < -0.39 is 5.91 Å². The summed E-state index contributed by atoms with van der Waals surface area (Å²) in [4.78, 5) is 25.3. The first-order valence-corrected chi connectivity index (χ1v) is 9.70. The number of carbonyl (C=O) groups is 2. The molecule has 0 fully saturated rings. The maximum Gasteiger partial charge on any atom is 0.305 e. The zero-order valence-corrected chi connectivity index (χ0v) is 16.7. The first kappa shape index (κ1) is 18.5. The predicted molar refractivity (Wildman–Crippen MR) is 106 cm³/mol. The molecule has 5 nitrogen and oxygen atoms in total. The third kappa shape index (κ3) is 4.11. The normalized spacial score (nSPS) is 10.7. The van der Waals surface area contributed by atoms with Gasteiger partial charge in [-0.1, -0.05) is 34.1 Å². The zero-order valence-electron chi connectivity index (χ0n) is 14.3. The molecule has 0 radical (unpaired) electrons. The molecule has 0 spiro atoms. The van der Waals surface area contributed by atoms with Gasteiger partial charge in [-0.2, -0.15) is 0 Å². The Labute approximate surface area is 163 Å². The molecular weight excluding hydrogens is 416 g/mol. The first-order valence-electron chi connectivity index (χ1n) is 7.92. The van der Waals surface area contributed by atoms with Gasteiger partial charge in [-0.05, 0) is 43.7 Å². The summed E-state index contributed by atoms with van der Waals surface area (Å²) in [6.45, 7) is 3.80. The Morgan fingerprint density at radius 1 is 1.12 bits per heavy atom. The Bertz CT molecular complexity index is 984. The monoisotopic (exact) mass is 432 g/mol. The second kappa shape index (κ2) is 7.97. The van der Waals surface area contributed by atoms with Crippen molar-refractivity contribution in [1.82, 2.24) is 10.9 Å². The van der Waals surface area contributed by atoms with Gasteiger partial charge in [-0.3, -0.25) is 20.4 Å². The molecule has 0 saturated carbocycles. The van der Waals surface area contributed by atoms with Crippen LogP contribution in [0.25, 0.3) is 11.0 Å². The van der Waals surface area contributed by atoms with E-state index in [2.05, 4.69) is 26.8 Å². The van der Waals surface area contributed by atoms with Crippen molar-refractivity contribution in [1.29, 1.82) is 0 Å². The van der Waals surface area contributed by atoms with Crippen LogP contribution in [0.5, 0.6) is 0 Å². The van der Waals surface area contributed by atoms with Gasteiger partial charge >= 0.3 is 5.91 Å². The van der Waals surface area contributed by atoms with Crippen molar-refractivity contribution in [3.8, 4) is 0 Å². The maximum absolute atomic E-state index is 12.3. The first-order chi connectivity index (χ1) is 12.5. The minimum Gasteiger partial charge on any atom is -0.451 e. The lowest BCUT2D eigenvalue weighted by molar-refractivity contribution is -0.119. The quantitative estimate of drug-likeness (QED) is 0.474. The van der Waals surface area contributed by atoms with Crippen LogP contribution < -0.4 is 10.9 Å². The molecule has 26 heavy (non-hydrogen) atoms. The molecular formula is C19H17BrN2O3S. The molecule has 3 rings (SSSR count). The van der Waals surface area contributed by atoms with E-state index in [0.717, 1.165) is 25.9 Å². The molecule has 0 saturated heterocycles. The molecule has 2 aromatic carbocycles. The molecule has 0 bridgehead atoms. The third-order valence-electron chi connectivity index (χ3n) is 3.86. The Balaban J connectivity index is 1.56. The van der Waals surface area contributed by atoms with Crippen LogP contribution >= 0.6 is 27.7 Å². The second-order valence-corrected chi connectivity index (χ2v) is 7.69. The van der Waals surface area contributed by atoms with Gasteiger partial charge in [-0.25, -0.2) is 0 Å². The number of halogens is 1. The summed E-state index contributed by atoms with van der Waals surface area (Å²) in [6.07, 6.45) is 0. The minimum atomic E-state index is -0.475. The number of furan rings is 1. The minimum absolute atomic E-state index is 0.196. The molecule has 1 aromatic heterocycles. The van der Waals surface area contributed by atoms with Crippen molar-refractivity contribution in [3.05, 3.63) is 63.8 Å². The number of hydrogen-bond acceptors (Lipinski definition) is 4. The summed E-state index contributed by atoms with van der Waals surface area (Å²) in [5.74, 6) is -0.374. The smallest absolute Gasteiger partial charge is 0.305 e. The number of para-hydroxylation sites is 1. The summed E-state index contributed by atoms with van der Waals surface area (Å²) >= 11 is 4.82. The molecule has 0 aliphatic carbocycles. The predicted octanol–water partition coefficient (Wildman–Crippen LogP) is 4.37. The highest BCUT2D eigenvalue weighted by Gasteiger charge is 2.17. The Kier molecular flexibility index (Phi) is 5.68. The highest BCUT2D eigenvalue weighted by Crippen LogP contribution is 2.26. The number of hydrogen-bond donors (Lipinski definition) is 2. The van der Waals surface area contributed by atoms with Crippen LogP contribution in [0.15, 0.2) is 56.2 Å². The number of amides is 2. The molecule has 3 aromatic rings. The fourth-order valence-corrected chi connectivity index (χ4v) is 3.81. The standard InChI is InChI=1S/C19H17BrN2O3S/c1-11-9-13(20)7-8-16(11)26-10-17(23)21-22-19(24)18-12(2)14-5-3-4-6-15(14)25-18/h3-9H,10H2,1-2H3,(H,21,23)(H,22,24). The van der Waals surface area contributed by atoms with E-state index in [-0.39, 0.29) is 17.4 Å². The lowest BCUT2D eigenvalue weighted by Gasteiger charge is -2.08. The van der Waals surface area contributed by atoms with Gasteiger partial charge in [0.05, 0.1) is 5.75 Å². The molecule has 0 aliphatic heterocycles. The van der Waals surface area contributed by atoms with Gasteiger partial charge in [0.2, 0.25) is 5.91 Å². The van der Waals surface area contributed by atoms with Crippen LogP contribution in [-0.4, -0.2) is 17.6 Å². The SMILES string of the molecule is Cc1cc(Br)ccc1SCC(=O)NNC(=O)c1oc2ccccc2c1C. The molecule has 1 heterocycles. The molecule has 0 aliphatic rings. The van der Waals surface area contributed by atoms with Crippen molar-refractivity contribution < 1.29 is 14.0 Å². The molecule has 2 amide bonds. The van der Waals surface area contributed by atoms with Crippen LogP contribution in [0.1, 0.15) is 21.7 Å². The van der Waals surface area contributed by atoms with Gasteiger partial charge in [-0.15, -0.1) is 11.8 Å². The van der Waals surface area contributed by atoms with Crippen LogP contribution in [-0.2, 0) is 4.79 Å². The molecule has 2 N–H and O–H groups in total. The summed E-state index contributed by atoms with van der Waals surface area (Å²) in [7, 11) is 0. The van der Waals surface area contributed by atoms with Crippen molar-refractivity contribution in [3.63, 3.8) is 0 Å². The van der Waals surface area contributed by atoms with E-state index in [9.17, 15) is 9.59 Å². The number of thioether (sulfide) groups is 1. The molecule has 0 unspecified atom stereocenters. The van der Waals surface area contributed by atoms with Crippen molar-refractivity contribution in [2.24, 2.45) is 0 Å². The average Bonchev–Trinajstić information content (AvgIpc) is 2.96. The summed E-state index contributed by atoms with van der Waals surface area (Å²) < 4.78 is 6.57. The Morgan fingerprint density at radius 3 is 2.62 bits per heavy atom. The summed E-state index contributed by atoms with van der Waals surface area (Å²) in [6, 6.07) is 13.3. The van der Waals surface area contributed by atoms with E-state index in [1.165, 1.54) is 11.8 Å². The van der Waals surface area contributed by atoms with E-state index >= 15 is 0 Å². The topological polar surface area (TPSA) is 71.3 Å².